The monoisotopic (exact) mass is 646 g/mol. The van der Waals surface area contributed by atoms with Crippen LogP contribution in [-0.4, -0.2) is 36.2 Å². The molecule has 9 heteroatoms. The van der Waals surface area contributed by atoms with Gasteiger partial charge in [0.2, 0.25) is 5.91 Å². The van der Waals surface area contributed by atoms with E-state index in [1.165, 1.54) is 18.2 Å². The van der Waals surface area contributed by atoms with Crippen LogP contribution in [0.3, 0.4) is 0 Å². The molecular formula is C38H44F2N2O5. The molecule has 250 valence electrons. The van der Waals surface area contributed by atoms with Crippen molar-refractivity contribution in [2.45, 2.75) is 58.3 Å². The van der Waals surface area contributed by atoms with Crippen LogP contribution in [0.4, 0.5) is 13.6 Å². The SMILES string of the molecule is CCC=CCC=CCC=CCC=CCC=CCC=CCCC(=O)NCCNC(=O)Oc1ccc(-c2ccc(F)cc2F)cc1C(=O)O. The Morgan fingerprint density at radius 1 is 0.723 bits per heavy atom. The van der Waals surface area contributed by atoms with Crippen LogP contribution in [0, 0.1) is 11.6 Å². The molecule has 0 aromatic heterocycles. The molecule has 0 aliphatic carbocycles. The number of hydrogen-bond donors (Lipinski definition) is 3. The summed E-state index contributed by atoms with van der Waals surface area (Å²) in [5, 5.41) is 14.7. The lowest BCUT2D eigenvalue weighted by Gasteiger charge is -2.11. The van der Waals surface area contributed by atoms with Gasteiger partial charge in [-0.2, -0.15) is 0 Å². The molecule has 47 heavy (non-hydrogen) atoms. The topological polar surface area (TPSA) is 105 Å². The zero-order valence-electron chi connectivity index (χ0n) is 26.8. The van der Waals surface area contributed by atoms with E-state index in [1.807, 2.05) is 12.2 Å². The van der Waals surface area contributed by atoms with Gasteiger partial charge in [0.05, 0.1) is 0 Å². The number of carbonyl (C=O) groups is 3. The number of carboxylic acids is 1. The number of amides is 2. The highest BCUT2D eigenvalue weighted by Crippen LogP contribution is 2.29. The third-order valence-electron chi connectivity index (χ3n) is 6.51. The molecule has 0 saturated carbocycles. The summed E-state index contributed by atoms with van der Waals surface area (Å²) < 4.78 is 32.4. The highest BCUT2D eigenvalue weighted by atomic mass is 19.1. The Morgan fingerprint density at radius 3 is 1.83 bits per heavy atom. The molecule has 0 fully saturated rings. The number of carboxylic acid groups (broad SMARTS) is 1. The average molecular weight is 647 g/mol. The van der Waals surface area contributed by atoms with Gasteiger partial charge in [-0.1, -0.05) is 85.9 Å². The summed E-state index contributed by atoms with van der Waals surface area (Å²) >= 11 is 0. The van der Waals surface area contributed by atoms with Crippen molar-refractivity contribution in [1.82, 2.24) is 10.6 Å². The lowest BCUT2D eigenvalue weighted by molar-refractivity contribution is -0.120. The van der Waals surface area contributed by atoms with E-state index < -0.39 is 23.7 Å². The van der Waals surface area contributed by atoms with E-state index in [1.54, 1.807) is 0 Å². The molecule has 0 unspecified atom stereocenters. The molecule has 2 amide bonds. The number of halogens is 2. The Balaban J connectivity index is 1.57. The molecule has 0 aliphatic heterocycles. The number of ether oxygens (including phenoxy) is 1. The van der Waals surface area contributed by atoms with Crippen LogP contribution >= 0.6 is 0 Å². The quantitative estimate of drug-likeness (QED) is 0.0984. The summed E-state index contributed by atoms with van der Waals surface area (Å²) in [5.41, 5.74) is -0.190. The van der Waals surface area contributed by atoms with Gasteiger partial charge in [-0.05, 0) is 74.8 Å². The van der Waals surface area contributed by atoms with E-state index in [0.717, 1.165) is 50.7 Å². The average Bonchev–Trinajstić information content (AvgIpc) is 3.04. The second-order valence-electron chi connectivity index (χ2n) is 10.3. The van der Waals surface area contributed by atoms with E-state index in [2.05, 4.69) is 78.3 Å². The number of carbonyl (C=O) groups excluding carboxylic acids is 2. The minimum atomic E-state index is -1.39. The first-order valence-corrected chi connectivity index (χ1v) is 15.8. The van der Waals surface area contributed by atoms with Crippen LogP contribution in [0.1, 0.15) is 68.6 Å². The first-order chi connectivity index (χ1) is 22.8. The Bertz CT molecular complexity index is 1470. The maximum absolute atomic E-state index is 14.1. The molecule has 7 nitrogen and oxygen atoms in total. The molecule has 2 rings (SSSR count). The molecule has 0 heterocycles. The van der Waals surface area contributed by atoms with Gasteiger partial charge in [-0.3, -0.25) is 4.79 Å². The minimum absolute atomic E-state index is 0.00135. The van der Waals surface area contributed by atoms with Crippen LogP contribution in [0.2, 0.25) is 0 Å². The standard InChI is InChI=1S/C38H44F2N2O5/c1-2-3-4-5-6-7-8-9-10-11-12-13-14-15-16-17-18-19-20-21-36(43)41-26-27-42-38(46)47-35-25-22-30(28-33(35)37(44)45)32-24-23-31(39)29-34(32)40/h3-4,6-7,9-10,12-13,15-16,18-19,22-25,28-29H,2,5,8,11,14,17,20-21,26-27H2,1H3,(H,41,43)(H,42,46)(H,44,45). The third kappa shape index (κ3) is 16.7. The van der Waals surface area contributed by atoms with Gasteiger partial charge in [0.1, 0.15) is 22.9 Å². The van der Waals surface area contributed by atoms with E-state index in [0.29, 0.717) is 18.9 Å². The fraction of sp³-hybridized carbons (Fsp3) is 0.289. The molecule has 2 aromatic rings. The van der Waals surface area contributed by atoms with Crippen molar-refractivity contribution in [2.75, 3.05) is 13.1 Å². The predicted molar refractivity (Wildman–Crippen MR) is 183 cm³/mol. The molecule has 3 N–H and O–H groups in total. The van der Waals surface area contributed by atoms with Gasteiger partial charge in [0.25, 0.3) is 0 Å². The van der Waals surface area contributed by atoms with Gasteiger partial charge < -0.3 is 20.5 Å². The molecule has 0 spiro atoms. The molecule has 2 aromatic carbocycles. The smallest absolute Gasteiger partial charge is 0.412 e. The molecule has 0 aliphatic rings. The van der Waals surface area contributed by atoms with Crippen molar-refractivity contribution in [1.29, 1.82) is 0 Å². The number of aromatic carboxylic acids is 1. The van der Waals surface area contributed by atoms with Crippen molar-refractivity contribution in [3.05, 3.63) is 127 Å². The second-order valence-corrected chi connectivity index (χ2v) is 10.3. The number of nitrogens with one attached hydrogen (secondary N) is 2. The number of hydrogen-bond acceptors (Lipinski definition) is 4. The van der Waals surface area contributed by atoms with Gasteiger partial charge in [-0.25, -0.2) is 18.4 Å². The molecular weight excluding hydrogens is 602 g/mol. The van der Waals surface area contributed by atoms with Gasteiger partial charge in [0, 0.05) is 31.1 Å². The summed E-state index contributed by atoms with van der Waals surface area (Å²) in [6, 6.07) is 6.66. The first kappa shape index (κ1) is 38.1. The Labute approximate surface area is 276 Å². The van der Waals surface area contributed by atoms with Crippen molar-refractivity contribution in [3.63, 3.8) is 0 Å². The predicted octanol–water partition coefficient (Wildman–Crippen LogP) is 9.01. The number of benzene rings is 2. The lowest BCUT2D eigenvalue weighted by atomic mass is 10.0. The van der Waals surface area contributed by atoms with E-state index in [4.69, 9.17) is 4.74 Å². The van der Waals surface area contributed by atoms with E-state index >= 15 is 0 Å². The van der Waals surface area contributed by atoms with Gasteiger partial charge >= 0.3 is 12.1 Å². The summed E-state index contributed by atoms with van der Waals surface area (Å²) in [7, 11) is 0. The van der Waals surface area contributed by atoms with E-state index in [9.17, 15) is 28.3 Å². The number of rotatable bonds is 20. The fourth-order valence-electron chi connectivity index (χ4n) is 4.12. The fourth-order valence-corrected chi connectivity index (χ4v) is 4.12. The van der Waals surface area contributed by atoms with Crippen LogP contribution in [0.15, 0.2) is 109 Å². The van der Waals surface area contributed by atoms with Crippen molar-refractivity contribution < 1.29 is 33.0 Å². The first-order valence-electron chi connectivity index (χ1n) is 15.8. The van der Waals surface area contributed by atoms with E-state index in [-0.39, 0.29) is 41.4 Å². The molecule has 0 saturated heterocycles. The van der Waals surface area contributed by atoms with Crippen LogP contribution < -0.4 is 15.4 Å². The summed E-state index contributed by atoms with van der Waals surface area (Å²) in [6.07, 6.45) is 31.1. The highest BCUT2D eigenvalue weighted by molar-refractivity contribution is 5.93. The molecule has 0 radical (unpaired) electrons. The third-order valence-corrected chi connectivity index (χ3v) is 6.51. The second kappa shape index (κ2) is 23.3. The Hall–Kier alpha value is -5.05. The van der Waals surface area contributed by atoms with Crippen molar-refractivity contribution in [2.24, 2.45) is 0 Å². The van der Waals surface area contributed by atoms with Crippen LogP contribution in [-0.2, 0) is 4.79 Å². The van der Waals surface area contributed by atoms with Gasteiger partial charge in [-0.15, -0.1) is 0 Å². The number of allylic oxidation sites excluding steroid dienone is 12. The zero-order valence-corrected chi connectivity index (χ0v) is 26.8. The van der Waals surface area contributed by atoms with Crippen molar-refractivity contribution >= 4 is 18.0 Å². The summed E-state index contributed by atoms with van der Waals surface area (Å²) in [4.78, 5) is 35.9. The molecule has 0 bridgehead atoms. The normalized spacial score (nSPS) is 12.0. The zero-order chi connectivity index (χ0) is 34.1. The van der Waals surface area contributed by atoms with Gasteiger partial charge in [0.15, 0.2) is 0 Å². The Kier molecular flexibility index (Phi) is 18.9. The summed E-state index contributed by atoms with van der Waals surface area (Å²) in [5.74, 6) is -3.43. The summed E-state index contributed by atoms with van der Waals surface area (Å²) in [6.45, 7) is 2.35. The maximum Gasteiger partial charge on any atom is 0.412 e. The largest absolute Gasteiger partial charge is 0.478 e. The maximum atomic E-state index is 14.1. The lowest BCUT2D eigenvalue weighted by Crippen LogP contribution is -2.36. The minimum Gasteiger partial charge on any atom is -0.478 e. The van der Waals surface area contributed by atoms with Crippen LogP contribution in [0.5, 0.6) is 5.75 Å². The Morgan fingerprint density at radius 2 is 1.28 bits per heavy atom. The molecule has 0 atom stereocenters. The van der Waals surface area contributed by atoms with Crippen LogP contribution in [0.25, 0.3) is 11.1 Å². The highest BCUT2D eigenvalue weighted by Gasteiger charge is 2.17. The van der Waals surface area contributed by atoms with Crippen molar-refractivity contribution in [3.8, 4) is 16.9 Å².